The van der Waals surface area contributed by atoms with Crippen LogP contribution in [0.1, 0.15) is 27.3 Å². The number of aromatic nitrogens is 2. The zero-order valence-electron chi connectivity index (χ0n) is 12.9. The Morgan fingerprint density at radius 1 is 1.32 bits per heavy atom. The predicted octanol–water partition coefficient (Wildman–Crippen LogP) is 2.31. The third kappa shape index (κ3) is 4.64. The van der Waals surface area contributed by atoms with E-state index in [-0.39, 0.29) is 36.0 Å². The molecule has 3 rings (SSSR count). The van der Waals surface area contributed by atoms with Gasteiger partial charge in [-0.25, -0.2) is 0 Å². The Morgan fingerprint density at radius 3 is 2.84 bits per heavy atom. The summed E-state index contributed by atoms with van der Waals surface area (Å²) in [6.45, 7) is 1.24. The monoisotopic (exact) mass is 376 g/mol. The van der Waals surface area contributed by atoms with Crippen molar-refractivity contribution in [3.8, 4) is 5.75 Å². The number of halogens is 4. The van der Waals surface area contributed by atoms with Crippen molar-refractivity contribution in [2.45, 2.75) is 25.9 Å². The van der Waals surface area contributed by atoms with E-state index in [1.54, 1.807) is 6.07 Å². The zero-order valence-corrected chi connectivity index (χ0v) is 13.8. The van der Waals surface area contributed by atoms with Gasteiger partial charge in [0.1, 0.15) is 5.75 Å². The molecule has 0 saturated heterocycles. The van der Waals surface area contributed by atoms with Gasteiger partial charge in [-0.15, -0.1) is 25.6 Å². The number of aromatic amines is 1. The van der Waals surface area contributed by atoms with Crippen LogP contribution in [0.25, 0.3) is 0 Å². The summed E-state index contributed by atoms with van der Waals surface area (Å²) >= 11 is 0. The maximum Gasteiger partial charge on any atom is 0.573 e. The molecule has 0 aliphatic carbocycles. The first kappa shape index (κ1) is 19.1. The Labute approximate surface area is 147 Å². The fourth-order valence-corrected chi connectivity index (χ4v) is 2.55. The molecule has 6 nitrogen and oxygen atoms in total. The number of nitrogens with zero attached hydrogens (tertiary/aromatic N) is 1. The van der Waals surface area contributed by atoms with Crippen molar-refractivity contribution in [3.63, 3.8) is 0 Å². The Morgan fingerprint density at radius 2 is 2.08 bits per heavy atom. The number of rotatable bonds is 4. The van der Waals surface area contributed by atoms with E-state index < -0.39 is 12.3 Å². The highest BCUT2D eigenvalue weighted by atomic mass is 35.5. The molecule has 1 aromatic heterocycles. The van der Waals surface area contributed by atoms with Gasteiger partial charge in [0.05, 0.1) is 0 Å². The molecule has 10 heteroatoms. The number of fused-ring (bicyclic) bond motifs is 1. The average Bonchev–Trinajstić information content (AvgIpc) is 2.96. The fourth-order valence-electron chi connectivity index (χ4n) is 2.55. The minimum Gasteiger partial charge on any atom is -0.405 e. The van der Waals surface area contributed by atoms with Gasteiger partial charge in [0.2, 0.25) is 0 Å². The molecule has 0 atom stereocenters. The molecule has 0 spiro atoms. The second-order valence-electron chi connectivity index (χ2n) is 5.29. The van der Waals surface area contributed by atoms with Crippen LogP contribution in [0.4, 0.5) is 13.2 Å². The van der Waals surface area contributed by atoms with Crippen molar-refractivity contribution >= 4 is 18.3 Å². The van der Waals surface area contributed by atoms with Gasteiger partial charge in [0.25, 0.3) is 5.91 Å². The minimum atomic E-state index is -4.78. The Bertz CT molecular complexity index is 749. The highest BCUT2D eigenvalue weighted by Gasteiger charge is 2.32. The van der Waals surface area contributed by atoms with E-state index in [1.165, 1.54) is 18.2 Å². The molecule has 3 N–H and O–H groups in total. The maximum atomic E-state index is 12.4. The smallest absolute Gasteiger partial charge is 0.405 e. The largest absolute Gasteiger partial charge is 0.573 e. The molecule has 1 aromatic carbocycles. The lowest BCUT2D eigenvalue weighted by molar-refractivity contribution is -0.274. The molecule has 1 aliphatic rings. The second-order valence-corrected chi connectivity index (χ2v) is 5.29. The van der Waals surface area contributed by atoms with Crippen molar-refractivity contribution in [2.75, 3.05) is 6.54 Å². The predicted molar refractivity (Wildman–Crippen MR) is 85.5 cm³/mol. The van der Waals surface area contributed by atoms with Crippen LogP contribution in [0.5, 0.6) is 5.75 Å². The summed E-state index contributed by atoms with van der Waals surface area (Å²) in [6, 6.07) is 5.67. The number of ether oxygens (including phenoxy) is 1. The summed E-state index contributed by atoms with van der Waals surface area (Å²) in [5, 5.41) is 12.6. The standard InChI is InChI=1S/C15H15F3N4O2.ClH/c16-15(17,18)24-12-4-2-1-3-9(12)7-20-14(23)13-10-8-19-6-5-11(10)21-22-13;/h1-4,19H,5-8H2,(H,20,23)(H,21,22);1H. The number of alkyl halides is 3. The van der Waals surface area contributed by atoms with E-state index in [4.69, 9.17) is 0 Å². The van der Waals surface area contributed by atoms with Gasteiger partial charge in [-0.1, -0.05) is 18.2 Å². The summed E-state index contributed by atoms with van der Waals surface area (Å²) in [5.41, 5.74) is 2.18. The van der Waals surface area contributed by atoms with Crippen LogP contribution < -0.4 is 15.4 Å². The number of hydrogen-bond donors (Lipinski definition) is 3. The molecule has 1 aliphatic heterocycles. The number of carbonyl (C=O) groups excluding carboxylic acids is 1. The Kier molecular flexibility index (Phi) is 5.91. The molecule has 25 heavy (non-hydrogen) atoms. The first-order valence-corrected chi connectivity index (χ1v) is 7.33. The molecule has 0 unspecified atom stereocenters. The van der Waals surface area contributed by atoms with Crippen LogP contribution in [-0.2, 0) is 19.5 Å². The van der Waals surface area contributed by atoms with Gasteiger partial charge < -0.3 is 15.4 Å². The minimum absolute atomic E-state index is 0. The first-order chi connectivity index (χ1) is 11.4. The number of nitrogens with one attached hydrogen (secondary N) is 3. The molecule has 136 valence electrons. The number of amides is 1. The van der Waals surface area contributed by atoms with Crippen LogP contribution in [0.15, 0.2) is 24.3 Å². The van der Waals surface area contributed by atoms with Crippen molar-refractivity contribution in [1.29, 1.82) is 0 Å². The van der Waals surface area contributed by atoms with Crippen LogP contribution in [-0.4, -0.2) is 29.0 Å². The van der Waals surface area contributed by atoms with E-state index in [0.29, 0.717) is 6.54 Å². The molecule has 2 heterocycles. The number of carbonyl (C=O) groups is 1. The van der Waals surface area contributed by atoms with Gasteiger partial charge in [0.15, 0.2) is 5.69 Å². The second kappa shape index (κ2) is 7.75. The maximum absolute atomic E-state index is 12.4. The summed E-state index contributed by atoms with van der Waals surface area (Å²) in [4.78, 5) is 12.3. The highest BCUT2D eigenvalue weighted by molar-refractivity contribution is 5.94. The SMILES string of the molecule is Cl.O=C(NCc1ccccc1OC(F)(F)F)c1n[nH]c2c1CNCC2. The summed E-state index contributed by atoms with van der Waals surface area (Å²) in [7, 11) is 0. The Balaban J connectivity index is 0.00000225. The lowest BCUT2D eigenvalue weighted by Gasteiger charge is -2.14. The Hall–Kier alpha value is -2.26. The molecule has 2 aromatic rings. The number of H-pyrrole nitrogens is 1. The number of hydrogen-bond acceptors (Lipinski definition) is 4. The van der Waals surface area contributed by atoms with E-state index >= 15 is 0 Å². The molecular weight excluding hydrogens is 361 g/mol. The van der Waals surface area contributed by atoms with Gasteiger partial charge in [-0.05, 0) is 6.07 Å². The van der Waals surface area contributed by atoms with E-state index in [0.717, 1.165) is 24.2 Å². The normalized spacial score (nSPS) is 13.6. The fraction of sp³-hybridized carbons (Fsp3) is 0.333. The van der Waals surface area contributed by atoms with Gasteiger partial charge in [0, 0.05) is 42.9 Å². The summed E-state index contributed by atoms with van der Waals surface area (Å²) in [6.07, 6.45) is -4.04. The number of para-hydroxylation sites is 1. The van der Waals surface area contributed by atoms with Crippen LogP contribution >= 0.6 is 12.4 Å². The lowest BCUT2D eigenvalue weighted by Crippen LogP contribution is -2.28. The molecule has 0 radical (unpaired) electrons. The van der Waals surface area contributed by atoms with Crippen LogP contribution in [0.2, 0.25) is 0 Å². The van der Waals surface area contributed by atoms with Crippen molar-refractivity contribution in [1.82, 2.24) is 20.8 Å². The third-order valence-corrected chi connectivity index (χ3v) is 3.66. The molecule has 0 fully saturated rings. The molecule has 1 amide bonds. The highest BCUT2D eigenvalue weighted by Crippen LogP contribution is 2.26. The quantitative estimate of drug-likeness (QED) is 0.765. The molecule has 0 bridgehead atoms. The summed E-state index contributed by atoms with van der Waals surface area (Å²) in [5.74, 6) is -0.783. The van der Waals surface area contributed by atoms with Crippen molar-refractivity contribution < 1.29 is 22.7 Å². The molecule has 0 saturated carbocycles. The van der Waals surface area contributed by atoms with Crippen molar-refractivity contribution in [2.24, 2.45) is 0 Å². The topological polar surface area (TPSA) is 79.0 Å². The zero-order chi connectivity index (χ0) is 17.2. The van der Waals surface area contributed by atoms with Gasteiger partial charge in [-0.2, -0.15) is 5.10 Å². The first-order valence-electron chi connectivity index (χ1n) is 7.33. The molecular formula is C15H16ClF3N4O2. The van der Waals surface area contributed by atoms with Crippen molar-refractivity contribution in [3.05, 3.63) is 46.8 Å². The van der Waals surface area contributed by atoms with Gasteiger partial charge >= 0.3 is 6.36 Å². The lowest BCUT2D eigenvalue weighted by atomic mass is 10.1. The number of benzene rings is 1. The average molecular weight is 377 g/mol. The van der Waals surface area contributed by atoms with E-state index in [2.05, 4.69) is 25.6 Å². The van der Waals surface area contributed by atoms with Crippen LogP contribution in [0, 0.1) is 0 Å². The van der Waals surface area contributed by atoms with E-state index in [9.17, 15) is 18.0 Å². The summed E-state index contributed by atoms with van der Waals surface area (Å²) < 4.78 is 41.2. The third-order valence-electron chi connectivity index (χ3n) is 3.66. The van der Waals surface area contributed by atoms with E-state index in [1.807, 2.05) is 0 Å². The van der Waals surface area contributed by atoms with Crippen LogP contribution in [0.3, 0.4) is 0 Å². The van der Waals surface area contributed by atoms with Gasteiger partial charge in [-0.3, -0.25) is 9.89 Å².